The Labute approximate surface area is 200 Å². The minimum Gasteiger partial charge on any atom is -0.444 e. The number of ether oxygens (including phenoxy) is 1. The van der Waals surface area contributed by atoms with E-state index in [9.17, 15) is 19.5 Å². The Kier molecular flexibility index (Phi) is 9.60. The van der Waals surface area contributed by atoms with Gasteiger partial charge in [-0.25, -0.2) is 4.79 Å². The molecule has 0 saturated carbocycles. The highest BCUT2D eigenvalue weighted by Gasteiger charge is 2.38. The molecule has 2 atom stereocenters. The molecule has 0 radical (unpaired) electrons. The van der Waals surface area contributed by atoms with Crippen molar-refractivity contribution in [3.8, 4) is 0 Å². The molecule has 0 bridgehead atoms. The first-order valence-corrected chi connectivity index (χ1v) is 12.3. The number of aliphatic hydroxyl groups is 1. The van der Waals surface area contributed by atoms with Crippen molar-refractivity contribution < 1.29 is 24.2 Å². The Morgan fingerprint density at radius 1 is 1.21 bits per heavy atom. The molecule has 8 nitrogen and oxygen atoms in total. The molecule has 2 rings (SSSR count). The van der Waals surface area contributed by atoms with Crippen LogP contribution in [-0.2, 0) is 20.7 Å². The number of nitrogens with one attached hydrogen (secondary N) is 2. The van der Waals surface area contributed by atoms with E-state index in [1.165, 1.54) is 0 Å². The molecule has 0 aromatic heterocycles. The van der Waals surface area contributed by atoms with Crippen molar-refractivity contribution in [3.63, 3.8) is 0 Å². The Morgan fingerprint density at radius 2 is 1.88 bits per heavy atom. The fraction of sp³-hybridized carbons (Fsp3) is 0.625. The number of aliphatic hydroxyl groups excluding tert-OH is 1. The maximum atomic E-state index is 12.9. The van der Waals surface area contributed by atoms with Crippen molar-refractivity contribution >= 4 is 29.7 Å². The quantitative estimate of drug-likeness (QED) is 0.470. The summed E-state index contributed by atoms with van der Waals surface area (Å²) >= 11 is 1.66. The fourth-order valence-electron chi connectivity index (χ4n) is 3.45. The van der Waals surface area contributed by atoms with Gasteiger partial charge in [0.15, 0.2) is 6.10 Å². The second-order valence-corrected chi connectivity index (χ2v) is 11.6. The van der Waals surface area contributed by atoms with Crippen LogP contribution in [0.2, 0.25) is 0 Å². The maximum Gasteiger partial charge on any atom is 0.407 e. The number of nitrogens with zero attached hydrogens (tertiary/aromatic N) is 1. The first-order chi connectivity index (χ1) is 15.4. The molecule has 184 valence electrons. The predicted octanol–water partition coefficient (Wildman–Crippen LogP) is 2.69. The summed E-state index contributed by atoms with van der Waals surface area (Å²) in [6, 6.07) is 8.69. The zero-order valence-corrected chi connectivity index (χ0v) is 21.0. The average Bonchev–Trinajstić information content (AvgIpc) is 3.09. The number of hydrogen-bond acceptors (Lipinski definition) is 6. The molecule has 0 aliphatic carbocycles. The van der Waals surface area contributed by atoms with E-state index in [0.717, 1.165) is 5.56 Å². The van der Waals surface area contributed by atoms with Crippen LogP contribution in [0.3, 0.4) is 0 Å². The summed E-state index contributed by atoms with van der Waals surface area (Å²) < 4.78 is 5.11. The zero-order chi connectivity index (χ0) is 24.6. The Balaban J connectivity index is 1.93. The van der Waals surface area contributed by atoms with E-state index in [2.05, 4.69) is 24.5 Å². The number of hydrogen-bond donors (Lipinski definition) is 3. The molecule has 1 aromatic carbocycles. The number of carbonyl (C=O) groups excluding carboxylic acids is 3. The molecule has 0 unspecified atom stereocenters. The van der Waals surface area contributed by atoms with Crippen LogP contribution >= 0.6 is 11.8 Å². The van der Waals surface area contributed by atoms with Crippen LogP contribution in [0, 0.1) is 0 Å². The van der Waals surface area contributed by atoms with Gasteiger partial charge in [-0.15, -0.1) is 11.8 Å². The van der Waals surface area contributed by atoms with E-state index in [4.69, 9.17) is 4.74 Å². The lowest BCUT2D eigenvalue weighted by atomic mass is 9.99. The van der Waals surface area contributed by atoms with Crippen LogP contribution in [0.15, 0.2) is 30.3 Å². The molecule has 0 spiro atoms. The molecule has 1 aromatic rings. The lowest BCUT2D eigenvalue weighted by Crippen LogP contribution is -2.52. The van der Waals surface area contributed by atoms with Crippen LogP contribution in [0.4, 0.5) is 4.79 Å². The van der Waals surface area contributed by atoms with Gasteiger partial charge >= 0.3 is 6.09 Å². The largest absolute Gasteiger partial charge is 0.444 e. The molecule has 1 aliphatic rings. The smallest absolute Gasteiger partial charge is 0.407 e. The normalized spacial score (nSPS) is 17.2. The van der Waals surface area contributed by atoms with Crippen molar-refractivity contribution in [2.45, 2.75) is 76.4 Å². The molecular formula is C24H37N3O5S. The average molecular weight is 480 g/mol. The second-order valence-electron chi connectivity index (χ2n) is 9.91. The van der Waals surface area contributed by atoms with E-state index in [-0.39, 0.29) is 29.5 Å². The van der Waals surface area contributed by atoms with Gasteiger partial charge in [0.05, 0.1) is 11.9 Å². The summed E-state index contributed by atoms with van der Waals surface area (Å²) in [5, 5.41) is 16.3. The molecule has 3 N–H and O–H groups in total. The van der Waals surface area contributed by atoms with Gasteiger partial charge in [-0.05, 0) is 53.0 Å². The number of amides is 3. The van der Waals surface area contributed by atoms with Crippen molar-refractivity contribution in [1.29, 1.82) is 0 Å². The first-order valence-electron chi connectivity index (χ1n) is 11.3. The third kappa shape index (κ3) is 9.63. The van der Waals surface area contributed by atoms with E-state index in [1.54, 1.807) is 37.4 Å². The predicted molar refractivity (Wildman–Crippen MR) is 130 cm³/mol. The highest BCUT2D eigenvalue weighted by Crippen LogP contribution is 2.33. The summed E-state index contributed by atoms with van der Waals surface area (Å²) in [5.41, 5.74) is 0.329. The highest BCUT2D eigenvalue weighted by atomic mass is 32.2. The maximum absolute atomic E-state index is 12.9. The van der Waals surface area contributed by atoms with Gasteiger partial charge in [-0.2, -0.15) is 0 Å². The third-order valence-electron chi connectivity index (χ3n) is 5.02. The van der Waals surface area contributed by atoms with E-state index < -0.39 is 23.8 Å². The van der Waals surface area contributed by atoms with Crippen LogP contribution < -0.4 is 10.6 Å². The van der Waals surface area contributed by atoms with Crippen molar-refractivity contribution in [1.82, 2.24) is 15.5 Å². The Hall–Kier alpha value is -2.26. The summed E-state index contributed by atoms with van der Waals surface area (Å²) in [6.45, 7) is 10.3. The second kappa shape index (κ2) is 11.7. The van der Waals surface area contributed by atoms with Crippen molar-refractivity contribution in [3.05, 3.63) is 35.9 Å². The van der Waals surface area contributed by atoms with Gasteiger partial charge in [0.1, 0.15) is 5.60 Å². The molecule has 1 saturated heterocycles. The van der Waals surface area contributed by atoms with Crippen LogP contribution in [0.1, 0.15) is 53.0 Å². The first kappa shape index (κ1) is 27.0. The number of alkyl carbamates (subject to hydrolysis) is 1. The summed E-state index contributed by atoms with van der Waals surface area (Å²) in [7, 11) is 0. The number of carbonyl (C=O) groups is 3. The molecule has 1 heterocycles. The molecule has 33 heavy (non-hydrogen) atoms. The van der Waals surface area contributed by atoms with Crippen LogP contribution in [0.5, 0.6) is 0 Å². The monoisotopic (exact) mass is 479 g/mol. The van der Waals surface area contributed by atoms with Crippen molar-refractivity contribution in [2.24, 2.45) is 0 Å². The standard InChI is InChI=1S/C24H37N3O5S/c1-23(2,3)32-22(31)25-13-9-12-19(28)26-18(14-17-10-7-6-8-11-17)20(29)21(30)27-15-24(4,5)33-16-27/h6-8,10-11,18,20,29H,9,12-16H2,1-5H3,(H,25,31)(H,26,28)/t18-,20-/m0/s1. The molecule has 1 aliphatic heterocycles. The van der Waals surface area contributed by atoms with E-state index in [0.29, 0.717) is 25.3 Å². The minimum absolute atomic E-state index is 0.0608. The molecule has 9 heteroatoms. The zero-order valence-electron chi connectivity index (χ0n) is 20.2. The topological polar surface area (TPSA) is 108 Å². The number of thioether (sulfide) groups is 1. The number of benzene rings is 1. The Morgan fingerprint density at radius 3 is 2.45 bits per heavy atom. The lowest BCUT2D eigenvalue weighted by molar-refractivity contribution is -0.141. The van der Waals surface area contributed by atoms with Gasteiger partial charge in [0.25, 0.3) is 5.91 Å². The minimum atomic E-state index is -1.34. The van der Waals surface area contributed by atoms with E-state index in [1.807, 2.05) is 30.3 Å². The van der Waals surface area contributed by atoms with Gasteiger partial charge < -0.3 is 25.4 Å². The van der Waals surface area contributed by atoms with Crippen LogP contribution in [0.25, 0.3) is 0 Å². The van der Waals surface area contributed by atoms with Gasteiger partial charge in [-0.1, -0.05) is 30.3 Å². The summed E-state index contributed by atoms with van der Waals surface area (Å²) in [5.74, 6) is -0.142. The number of rotatable bonds is 9. The van der Waals surface area contributed by atoms with Gasteiger partial charge in [0, 0.05) is 24.3 Å². The van der Waals surface area contributed by atoms with Gasteiger partial charge in [0.2, 0.25) is 5.91 Å². The Bertz CT molecular complexity index is 810. The van der Waals surface area contributed by atoms with Crippen molar-refractivity contribution in [2.75, 3.05) is 19.0 Å². The fourth-order valence-corrected chi connectivity index (χ4v) is 4.42. The SMILES string of the molecule is CC(C)(C)OC(=O)NCCCC(=O)N[C@@H](Cc1ccccc1)[C@H](O)C(=O)N1CSC(C)(C)C1. The molecule has 1 fully saturated rings. The van der Waals surface area contributed by atoms with E-state index >= 15 is 0 Å². The van der Waals surface area contributed by atoms with Gasteiger partial charge in [-0.3, -0.25) is 9.59 Å². The molecular weight excluding hydrogens is 442 g/mol. The van der Waals surface area contributed by atoms with Crippen LogP contribution in [-0.4, -0.2) is 69.4 Å². The lowest BCUT2D eigenvalue weighted by Gasteiger charge is -2.27. The molecule has 3 amide bonds. The summed E-state index contributed by atoms with van der Waals surface area (Å²) in [6.07, 6.45) is -0.987. The summed E-state index contributed by atoms with van der Waals surface area (Å²) in [4.78, 5) is 38.9. The third-order valence-corrected chi connectivity index (χ3v) is 6.37. The highest BCUT2D eigenvalue weighted by molar-refractivity contribution is 8.00.